The van der Waals surface area contributed by atoms with Gasteiger partial charge in [0.1, 0.15) is 0 Å². The molecule has 1 saturated carbocycles. The van der Waals surface area contributed by atoms with E-state index in [9.17, 15) is 8.78 Å². The van der Waals surface area contributed by atoms with Crippen molar-refractivity contribution in [2.75, 3.05) is 6.54 Å². The van der Waals surface area contributed by atoms with E-state index in [4.69, 9.17) is 5.73 Å². The van der Waals surface area contributed by atoms with Crippen molar-refractivity contribution in [3.8, 4) is 0 Å². The zero-order valence-electron chi connectivity index (χ0n) is 5.94. The molecule has 0 spiro atoms. The fourth-order valence-electron chi connectivity index (χ4n) is 0.896. The van der Waals surface area contributed by atoms with Crippen LogP contribution in [0.25, 0.3) is 0 Å². The van der Waals surface area contributed by atoms with Crippen molar-refractivity contribution in [1.29, 1.82) is 0 Å². The lowest BCUT2D eigenvalue weighted by Crippen LogP contribution is -2.36. The smallest absolute Gasteiger partial charge is 0.245 e. The van der Waals surface area contributed by atoms with Crippen molar-refractivity contribution in [2.24, 2.45) is 11.1 Å². The lowest BCUT2D eigenvalue weighted by atomic mass is 10.1. The van der Waals surface area contributed by atoms with Crippen molar-refractivity contribution < 1.29 is 8.78 Å². The maximum absolute atomic E-state index is 12.2. The van der Waals surface area contributed by atoms with E-state index >= 15 is 0 Å². The Bertz CT molecular complexity index is 168. The molecule has 3 N–H and O–H groups in total. The highest BCUT2D eigenvalue weighted by Gasteiger charge is 2.50. The summed E-state index contributed by atoms with van der Waals surface area (Å²) in [7, 11) is 0. The summed E-state index contributed by atoms with van der Waals surface area (Å²) in [4.78, 5) is 0. The summed E-state index contributed by atoms with van der Waals surface area (Å²) in [6.07, 6.45) is -1.12. The van der Waals surface area contributed by atoms with Gasteiger partial charge in [-0.15, -0.1) is 0 Å². The Hall–Kier alpha value is -0.450. The van der Waals surface area contributed by atoms with E-state index in [1.54, 1.807) is 0 Å². The predicted octanol–water partition coefficient (Wildman–Crippen LogP) is 0.865. The lowest BCUT2D eigenvalue weighted by Gasteiger charge is -2.14. The summed E-state index contributed by atoms with van der Waals surface area (Å²) in [6, 6.07) is 0. The van der Waals surface area contributed by atoms with Crippen molar-refractivity contribution in [2.45, 2.75) is 19.3 Å². The van der Waals surface area contributed by atoms with Crippen LogP contribution in [-0.2, 0) is 0 Å². The molecule has 0 radical (unpaired) electrons. The van der Waals surface area contributed by atoms with E-state index in [0.717, 1.165) is 0 Å². The van der Waals surface area contributed by atoms with Crippen molar-refractivity contribution >= 4 is 17.3 Å². The van der Waals surface area contributed by atoms with E-state index in [2.05, 4.69) is 17.5 Å². The Morgan fingerprint density at radius 1 is 1.64 bits per heavy atom. The molecule has 1 rings (SSSR count). The molecule has 1 aliphatic rings. The number of nitrogens with two attached hydrogens (primary N) is 1. The summed E-state index contributed by atoms with van der Waals surface area (Å²) in [5.74, 6) is 0. The molecular formula is C6H10F2N2S. The molecule has 1 fully saturated rings. The molecule has 5 heteroatoms. The molecule has 0 atom stereocenters. The first-order valence-corrected chi connectivity index (χ1v) is 3.79. The van der Waals surface area contributed by atoms with Gasteiger partial charge >= 0.3 is 0 Å². The molecule has 2 nitrogen and oxygen atoms in total. The standard InChI is InChI=1S/C6H10F2N2S/c7-4(8)6(1-2-6)3-10-5(9)11/h4H,1-3H2,(H3,9,10,11). The van der Waals surface area contributed by atoms with Crippen molar-refractivity contribution in [3.05, 3.63) is 0 Å². The van der Waals surface area contributed by atoms with E-state index < -0.39 is 11.8 Å². The van der Waals surface area contributed by atoms with Gasteiger partial charge in [-0.25, -0.2) is 8.78 Å². The molecule has 0 heterocycles. The topological polar surface area (TPSA) is 38.0 Å². The van der Waals surface area contributed by atoms with Gasteiger partial charge in [-0.2, -0.15) is 0 Å². The largest absolute Gasteiger partial charge is 0.376 e. The van der Waals surface area contributed by atoms with Gasteiger partial charge in [0.25, 0.3) is 0 Å². The van der Waals surface area contributed by atoms with Crippen LogP contribution in [-0.4, -0.2) is 18.1 Å². The summed E-state index contributed by atoms with van der Waals surface area (Å²) in [5, 5.41) is 2.65. The minimum absolute atomic E-state index is 0.0944. The first-order valence-electron chi connectivity index (χ1n) is 3.38. The number of alkyl halides is 2. The van der Waals surface area contributed by atoms with Crippen LogP contribution >= 0.6 is 12.2 Å². The monoisotopic (exact) mass is 180 g/mol. The maximum atomic E-state index is 12.2. The van der Waals surface area contributed by atoms with E-state index in [0.29, 0.717) is 12.8 Å². The normalized spacial score (nSPS) is 19.9. The average Bonchev–Trinajstić information content (AvgIpc) is 2.63. The number of nitrogens with one attached hydrogen (secondary N) is 1. The van der Waals surface area contributed by atoms with Crippen molar-refractivity contribution in [1.82, 2.24) is 5.32 Å². The van der Waals surface area contributed by atoms with Gasteiger partial charge < -0.3 is 11.1 Å². The Kier molecular flexibility index (Phi) is 2.27. The Morgan fingerprint density at radius 3 is 2.45 bits per heavy atom. The van der Waals surface area contributed by atoms with Crippen molar-refractivity contribution in [3.63, 3.8) is 0 Å². The van der Waals surface area contributed by atoms with E-state index in [-0.39, 0.29) is 11.7 Å². The zero-order valence-corrected chi connectivity index (χ0v) is 6.76. The van der Waals surface area contributed by atoms with Crippen LogP contribution in [0.3, 0.4) is 0 Å². The Balaban J connectivity index is 2.30. The number of hydrogen-bond donors (Lipinski definition) is 2. The fourth-order valence-corrected chi connectivity index (χ4v) is 0.968. The molecular weight excluding hydrogens is 170 g/mol. The second-order valence-electron chi connectivity index (χ2n) is 2.88. The highest BCUT2D eigenvalue weighted by atomic mass is 32.1. The van der Waals surface area contributed by atoms with Gasteiger partial charge in [0.2, 0.25) is 6.43 Å². The Morgan fingerprint density at radius 2 is 2.18 bits per heavy atom. The minimum Gasteiger partial charge on any atom is -0.376 e. The van der Waals surface area contributed by atoms with Gasteiger partial charge in [0.15, 0.2) is 5.11 Å². The van der Waals surface area contributed by atoms with Crippen LogP contribution in [0.2, 0.25) is 0 Å². The highest BCUT2D eigenvalue weighted by molar-refractivity contribution is 7.80. The maximum Gasteiger partial charge on any atom is 0.245 e. The third kappa shape index (κ3) is 1.99. The second kappa shape index (κ2) is 2.89. The minimum atomic E-state index is -2.26. The van der Waals surface area contributed by atoms with Gasteiger partial charge in [0, 0.05) is 12.0 Å². The first-order chi connectivity index (χ1) is 5.07. The predicted molar refractivity (Wildman–Crippen MR) is 42.5 cm³/mol. The van der Waals surface area contributed by atoms with Crippen LogP contribution in [0.4, 0.5) is 8.78 Å². The van der Waals surface area contributed by atoms with Crippen LogP contribution in [0.5, 0.6) is 0 Å². The summed E-state index contributed by atoms with van der Waals surface area (Å²) >= 11 is 4.50. The number of halogens is 2. The molecule has 0 bridgehead atoms. The molecule has 0 aliphatic heterocycles. The van der Waals surface area contributed by atoms with Gasteiger partial charge in [0.05, 0.1) is 0 Å². The average molecular weight is 180 g/mol. The first kappa shape index (κ1) is 8.64. The number of hydrogen-bond acceptors (Lipinski definition) is 1. The molecule has 64 valence electrons. The third-order valence-corrected chi connectivity index (χ3v) is 2.11. The van der Waals surface area contributed by atoms with Gasteiger partial charge in [-0.3, -0.25) is 0 Å². The SMILES string of the molecule is NC(=S)NCC1(C(F)F)CC1. The van der Waals surface area contributed by atoms with Gasteiger partial charge in [-0.1, -0.05) is 0 Å². The van der Waals surface area contributed by atoms with Crippen LogP contribution in [0, 0.1) is 5.41 Å². The van der Waals surface area contributed by atoms with Crippen LogP contribution < -0.4 is 11.1 Å². The van der Waals surface area contributed by atoms with E-state index in [1.165, 1.54) is 0 Å². The van der Waals surface area contributed by atoms with Gasteiger partial charge in [-0.05, 0) is 25.1 Å². The number of rotatable bonds is 3. The Labute approximate surface area is 69.1 Å². The lowest BCUT2D eigenvalue weighted by molar-refractivity contribution is 0.0640. The molecule has 0 aromatic carbocycles. The van der Waals surface area contributed by atoms with E-state index in [1.807, 2.05) is 0 Å². The fraction of sp³-hybridized carbons (Fsp3) is 0.833. The summed E-state index contributed by atoms with van der Waals surface area (Å²) in [6.45, 7) is 0.208. The molecule has 1 aliphatic carbocycles. The molecule has 11 heavy (non-hydrogen) atoms. The summed E-state index contributed by atoms with van der Waals surface area (Å²) < 4.78 is 24.4. The molecule has 0 saturated heterocycles. The molecule has 0 aromatic heterocycles. The zero-order chi connectivity index (χ0) is 8.48. The highest BCUT2D eigenvalue weighted by Crippen LogP contribution is 2.49. The second-order valence-corrected chi connectivity index (χ2v) is 3.32. The quantitative estimate of drug-likeness (QED) is 0.633. The van der Waals surface area contributed by atoms with Crippen LogP contribution in [0.15, 0.2) is 0 Å². The molecule has 0 amide bonds. The van der Waals surface area contributed by atoms with Crippen LogP contribution in [0.1, 0.15) is 12.8 Å². The number of thiocarbonyl (C=S) groups is 1. The third-order valence-electron chi connectivity index (χ3n) is 1.97. The molecule has 0 aromatic rings. The summed E-state index contributed by atoms with van der Waals surface area (Å²) in [5.41, 5.74) is 4.27. The molecule has 0 unspecified atom stereocenters.